The second-order valence-corrected chi connectivity index (χ2v) is 6.09. The molecule has 0 aromatic heterocycles. The van der Waals surface area contributed by atoms with Gasteiger partial charge in [0, 0.05) is 26.2 Å². The van der Waals surface area contributed by atoms with Gasteiger partial charge in [-0.2, -0.15) is 0 Å². The summed E-state index contributed by atoms with van der Waals surface area (Å²) < 4.78 is 24.6. The lowest BCUT2D eigenvalue weighted by Gasteiger charge is -2.36. The van der Waals surface area contributed by atoms with E-state index in [-0.39, 0.29) is 11.7 Å². The second kappa shape index (κ2) is 8.56. The molecule has 0 radical (unpaired) electrons. The van der Waals surface area contributed by atoms with Crippen LogP contribution in [0.3, 0.4) is 0 Å². The summed E-state index contributed by atoms with van der Waals surface area (Å²) in [6.45, 7) is 2.78. The number of carbonyl (C=O) groups excluding carboxylic acids is 1. The number of anilines is 1. The smallest absolute Gasteiger partial charge is 0.226 e. The molecule has 3 rings (SSSR count). The van der Waals surface area contributed by atoms with Gasteiger partial charge in [-0.3, -0.25) is 4.79 Å². The molecule has 0 bridgehead atoms. The number of para-hydroxylation sites is 1. The van der Waals surface area contributed by atoms with Crippen LogP contribution in [0.1, 0.15) is 6.42 Å². The van der Waals surface area contributed by atoms with Crippen LogP contribution in [-0.2, 0) is 4.79 Å². The molecule has 0 saturated carbocycles. The maximum Gasteiger partial charge on any atom is 0.226 e. The van der Waals surface area contributed by atoms with E-state index in [0.717, 1.165) is 5.75 Å². The number of amides is 1. The van der Waals surface area contributed by atoms with E-state index < -0.39 is 0 Å². The Morgan fingerprint density at radius 3 is 2.31 bits per heavy atom. The highest BCUT2D eigenvalue weighted by molar-refractivity contribution is 5.76. The molecule has 0 spiro atoms. The summed E-state index contributed by atoms with van der Waals surface area (Å²) in [4.78, 5) is 16.1. The molecule has 1 aliphatic rings. The quantitative estimate of drug-likeness (QED) is 0.796. The van der Waals surface area contributed by atoms with Gasteiger partial charge in [0.15, 0.2) is 0 Å². The van der Waals surface area contributed by atoms with Crippen molar-refractivity contribution in [2.75, 3.05) is 44.8 Å². The molecule has 0 unspecified atom stereocenters. The number of benzene rings is 2. The summed E-state index contributed by atoms with van der Waals surface area (Å²) in [5.74, 6) is 1.32. The van der Waals surface area contributed by atoms with Gasteiger partial charge in [-0.25, -0.2) is 4.39 Å². The summed E-state index contributed by atoms with van der Waals surface area (Å²) >= 11 is 0. The first kappa shape index (κ1) is 18.0. The molecule has 26 heavy (non-hydrogen) atoms. The van der Waals surface area contributed by atoms with Crippen LogP contribution in [0.15, 0.2) is 48.5 Å². The van der Waals surface area contributed by atoms with Crippen LogP contribution in [0, 0.1) is 5.82 Å². The van der Waals surface area contributed by atoms with E-state index in [0.29, 0.717) is 50.6 Å². The van der Waals surface area contributed by atoms with Crippen molar-refractivity contribution in [1.29, 1.82) is 0 Å². The lowest BCUT2D eigenvalue weighted by atomic mass is 10.2. The molecule has 0 aliphatic carbocycles. The van der Waals surface area contributed by atoms with Gasteiger partial charge in [-0.05, 0) is 36.4 Å². The van der Waals surface area contributed by atoms with Crippen LogP contribution in [-0.4, -0.2) is 50.7 Å². The number of halogens is 1. The van der Waals surface area contributed by atoms with Crippen molar-refractivity contribution in [2.24, 2.45) is 0 Å². The molecule has 5 nitrogen and oxygen atoms in total. The SMILES string of the molecule is COc1ccc(OCCC(=O)N2CCN(c3ccccc3F)CC2)cc1. The zero-order valence-electron chi connectivity index (χ0n) is 14.9. The molecule has 0 atom stereocenters. The molecule has 0 N–H and O–H groups in total. The predicted molar refractivity (Wildman–Crippen MR) is 98.3 cm³/mol. The fourth-order valence-electron chi connectivity index (χ4n) is 2.99. The zero-order valence-corrected chi connectivity index (χ0v) is 14.9. The van der Waals surface area contributed by atoms with Crippen molar-refractivity contribution >= 4 is 11.6 Å². The highest BCUT2D eigenvalue weighted by Gasteiger charge is 2.22. The maximum atomic E-state index is 13.9. The van der Waals surface area contributed by atoms with Gasteiger partial charge < -0.3 is 19.3 Å². The molecule has 2 aromatic rings. The zero-order chi connectivity index (χ0) is 18.4. The Morgan fingerprint density at radius 2 is 1.65 bits per heavy atom. The van der Waals surface area contributed by atoms with E-state index in [1.54, 1.807) is 19.2 Å². The molecular weight excluding hydrogens is 335 g/mol. The average Bonchev–Trinajstić information content (AvgIpc) is 2.69. The number of nitrogens with zero attached hydrogens (tertiary/aromatic N) is 2. The Hall–Kier alpha value is -2.76. The summed E-state index contributed by atoms with van der Waals surface area (Å²) in [6, 6.07) is 14.0. The Labute approximate surface area is 152 Å². The lowest BCUT2D eigenvalue weighted by Crippen LogP contribution is -2.49. The minimum Gasteiger partial charge on any atom is -0.497 e. The number of rotatable bonds is 6. The minimum atomic E-state index is -0.222. The van der Waals surface area contributed by atoms with E-state index in [1.165, 1.54) is 6.07 Å². The van der Waals surface area contributed by atoms with Crippen molar-refractivity contribution in [2.45, 2.75) is 6.42 Å². The van der Waals surface area contributed by atoms with Crippen molar-refractivity contribution in [3.05, 3.63) is 54.3 Å². The van der Waals surface area contributed by atoms with Gasteiger partial charge in [0.05, 0.1) is 25.8 Å². The molecule has 1 amide bonds. The van der Waals surface area contributed by atoms with Crippen LogP contribution in [0.25, 0.3) is 0 Å². The topological polar surface area (TPSA) is 42.0 Å². The van der Waals surface area contributed by atoms with Crippen molar-refractivity contribution < 1.29 is 18.7 Å². The molecule has 1 heterocycles. The molecule has 2 aromatic carbocycles. The van der Waals surface area contributed by atoms with E-state index in [9.17, 15) is 9.18 Å². The third-order valence-electron chi connectivity index (χ3n) is 4.47. The predicted octanol–water partition coefficient (Wildman–Crippen LogP) is 2.95. The summed E-state index contributed by atoms with van der Waals surface area (Å²) in [6.07, 6.45) is 0.325. The van der Waals surface area contributed by atoms with Gasteiger partial charge in [0.25, 0.3) is 0 Å². The normalized spacial score (nSPS) is 14.2. The summed E-state index contributed by atoms with van der Waals surface area (Å²) in [5.41, 5.74) is 0.599. The highest BCUT2D eigenvalue weighted by Crippen LogP contribution is 2.20. The maximum absolute atomic E-state index is 13.9. The summed E-state index contributed by atoms with van der Waals surface area (Å²) in [7, 11) is 1.61. The van der Waals surface area contributed by atoms with Crippen LogP contribution < -0.4 is 14.4 Å². The second-order valence-electron chi connectivity index (χ2n) is 6.09. The van der Waals surface area contributed by atoms with Crippen LogP contribution in [0.4, 0.5) is 10.1 Å². The van der Waals surface area contributed by atoms with E-state index in [4.69, 9.17) is 9.47 Å². The fraction of sp³-hybridized carbons (Fsp3) is 0.350. The fourth-order valence-corrected chi connectivity index (χ4v) is 2.99. The van der Waals surface area contributed by atoms with Crippen molar-refractivity contribution in [3.8, 4) is 11.5 Å². The van der Waals surface area contributed by atoms with Gasteiger partial charge >= 0.3 is 0 Å². The van der Waals surface area contributed by atoms with Gasteiger partial charge in [0.2, 0.25) is 5.91 Å². The number of hydrogen-bond donors (Lipinski definition) is 0. The minimum absolute atomic E-state index is 0.0618. The van der Waals surface area contributed by atoms with Crippen LogP contribution in [0.2, 0.25) is 0 Å². The van der Waals surface area contributed by atoms with Crippen LogP contribution >= 0.6 is 0 Å². The monoisotopic (exact) mass is 358 g/mol. The third-order valence-corrected chi connectivity index (χ3v) is 4.47. The van der Waals surface area contributed by atoms with Crippen molar-refractivity contribution in [3.63, 3.8) is 0 Å². The summed E-state index contributed by atoms with van der Waals surface area (Å²) in [5, 5.41) is 0. The Bertz CT molecular complexity index is 728. The highest BCUT2D eigenvalue weighted by atomic mass is 19.1. The average molecular weight is 358 g/mol. The van der Waals surface area contributed by atoms with Gasteiger partial charge in [-0.15, -0.1) is 0 Å². The lowest BCUT2D eigenvalue weighted by molar-refractivity contribution is -0.132. The Kier molecular flexibility index (Phi) is 5.94. The molecule has 1 aliphatic heterocycles. The number of piperazine rings is 1. The standard InChI is InChI=1S/C20H23FN2O3/c1-25-16-6-8-17(9-7-16)26-15-10-20(24)23-13-11-22(12-14-23)19-5-3-2-4-18(19)21/h2-9H,10-15H2,1H3. The Morgan fingerprint density at radius 1 is 1.00 bits per heavy atom. The number of carbonyl (C=O) groups is 1. The van der Waals surface area contributed by atoms with E-state index >= 15 is 0 Å². The van der Waals surface area contributed by atoms with Crippen LogP contribution in [0.5, 0.6) is 11.5 Å². The third kappa shape index (κ3) is 4.45. The first-order valence-electron chi connectivity index (χ1n) is 8.71. The van der Waals surface area contributed by atoms with Gasteiger partial charge in [0.1, 0.15) is 17.3 Å². The Balaban J connectivity index is 1.43. The largest absolute Gasteiger partial charge is 0.497 e. The number of methoxy groups -OCH3 is 1. The molecule has 1 saturated heterocycles. The molecule has 138 valence electrons. The van der Waals surface area contributed by atoms with E-state index in [1.807, 2.05) is 40.1 Å². The van der Waals surface area contributed by atoms with Crippen molar-refractivity contribution in [1.82, 2.24) is 4.90 Å². The number of hydrogen-bond acceptors (Lipinski definition) is 4. The molecule has 1 fully saturated rings. The van der Waals surface area contributed by atoms with E-state index in [2.05, 4.69) is 0 Å². The molecule has 6 heteroatoms. The first-order chi connectivity index (χ1) is 12.7. The van der Waals surface area contributed by atoms with Gasteiger partial charge in [-0.1, -0.05) is 12.1 Å². The number of ether oxygens (including phenoxy) is 2. The first-order valence-corrected chi connectivity index (χ1v) is 8.71. The molecular formula is C20H23FN2O3.